The zero-order valence-electron chi connectivity index (χ0n) is 14.4. The second-order valence-corrected chi connectivity index (χ2v) is 6.64. The summed E-state index contributed by atoms with van der Waals surface area (Å²) in [7, 11) is 0. The number of amides is 1. The summed E-state index contributed by atoms with van der Waals surface area (Å²) in [6.07, 6.45) is 2.27. The number of nitro groups is 1. The Morgan fingerprint density at radius 3 is 2.40 bits per heavy atom. The molecule has 2 N–H and O–H groups in total. The molecule has 1 fully saturated rings. The number of nitrogens with zero attached hydrogens (tertiary/aromatic N) is 4. The van der Waals surface area contributed by atoms with Gasteiger partial charge < -0.3 is 19.7 Å². The monoisotopic (exact) mass is 351 g/mol. The Balaban J connectivity index is 2.08. The van der Waals surface area contributed by atoms with Crippen LogP contribution >= 0.6 is 0 Å². The van der Waals surface area contributed by atoms with Crippen molar-refractivity contribution in [2.75, 3.05) is 26.2 Å². The van der Waals surface area contributed by atoms with Crippen molar-refractivity contribution in [1.82, 2.24) is 9.80 Å². The molecule has 1 aliphatic heterocycles. The summed E-state index contributed by atoms with van der Waals surface area (Å²) in [6.45, 7) is 7.03. The van der Waals surface area contributed by atoms with E-state index in [4.69, 9.17) is 10.1 Å². The Labute approximate surface area is 144 Å². The van der Waals surface area contributed by atoms with Gasteiger partial charge in [-0.2, -0.15) is 0 Å². The minimum Gasteiger partial charge on any atom is -0.444 e. The standard InChI is InChI=1S/C15H21N5O5/c1-15(2,3)25-14(21)19-8-6-18(7-9-19)11-5-4-10(20(23)24)12(16)13(11)17-22/h4-5,16,22H,6-9H2,1-3H3/b16-12?,17-13-. The van der Waals surface area contributed by atoms with Crippen LogP contribution in [0.2, 0.25) is 0 Å². The van der Waals surface area contributed by atoms with Crippen LogP contribution in [-0.4, -0.2) is 69.2 Å². The molecule has 10 heteroatoms. The average molecular weight is 351 g/mol. The fraction of sp³-hybridized carbons (Fsp3) is 0.533. The molecule has 25 heavy (non-hydrogen) atoms. The molecule has 0 bridgehead atoms. The van der Waals surface area contributed by atoms with E-state index in [2.05, 4.69) is 5.16 Å². The molecule has 1 heterocycles. The van der Waals surface area contributed by atoms with Crippen molar-refractivity contribution < 1.29 is 19.7 Å². The first-order valence-corrected chi connectivity index (χ1v) is 7.75. The van der Waals surface area contributed by atoms with E-state index in [1.807, 2.05) is 4.90 Å². The lowest BCUT2D eigenvalue weighted by Crippen LogP contribution is -2.51. The molecular weight excluding hydrogens is 330 g/mol. The molecular formula is C15H21N5O5. The molecule has 0 radical (unpaired) electrons. The van der Waals surface area contributed by atoms with E-state index in [9.17, 15) is 20.1 Å². The van der Waals surface area contributed by atoms with Gasteiger partial charge in [0.25, 0.3) is 5.70 Å². The first-order valence-electron chi connectivity index (χ1n) is 7.75. The number of oxime groups is 1. The van der Waals surface area contributed by atoms with Gasteiger partial charge in [0.1, 0.15) is 5.60 Å². The van der Waals surface area contributed by atoms with Crippen LogP contribution < -0.4 is 0 Å². The van der Waals surface area contributed by atoms with Crippen LogP contribution in [0, 0.1) is 15.5 Å². The van der Waals surface area contributed by atoms with Crippen molar-refractivity contribution in [3.8, 4) is 0 Å². The van der Waals surface area contributed by atoms with Gasteiger partial charge in [-0.3, -0.25) is 15.5 Å². The van der Waals surface area contributed by atoms with Crippen molar-refractivity contribution in [3.63, 3.8) is 0 Å². The number of hydrogen-bond donors (Lipinski definition) is 2. The van der Waals surface area contributed by atoms with Crippen LogP contribution in [0.15, 0.2) is 28.7 Å². The van der Waals surface area contributed by atoms with Crippen molar-refractivity contribution in [3.05, 3.63) is 33.7 Å². The average Bonchev–Trinajstić information content (AvgIpc) is 2.52. The molecule has 136 valence electrons. The lowest BCUT2D eigenvalue weighted by molar-refractivity contribution is -0.414. The summed E-state index contributed by atoms with van der Waals surface area (Å²) in [5.41, 5.74) is -1.18. The number of hydrogen-bond acceptors (Lipinski definition) is 8. The van der Waals surface area contributed by atoms with Crippen LogP contribution in [-0.2, 0) is 4.74 Å². The van der Waals surface area contributed by atoms with E-state index in [0.29, 0.717) is 31.9 Å². The fourth-order valence-electron chi connectivity index (χ4n) is 2.53. The molecule has 1 aliphatic carbocycles. The molecule has 0 aromatic carbocycles. The third-order valence-electron chi connectivity index (χ3n) is 3.70. The second-order valence-electron chi connectivity index (χ2n) is 6.64. The van der Waals surface area contributed by atoms with E-state index in [1.54, 1.807) is 25.7 Å². The minimum atomic E-state index is -0.693. The van der Waals surface area contributed by atoms with Crippen LogP contribution in [0.25, 0.3) is 0 Å². The number of piperazine rings is 1. The van der Waals surface area contributed by atoms with Gasteiger partial charge in [0.2, 0.25) is 0 Å². The third-order valence-corrected chi connectivity index (χ3v) is 3.70. The predicted molar refractivity (Wildman–Crippen MR) is 89.5 cm³/mol. The smallest absolute Gasteiger partial charge is 0.410 e. The quantitative estimate of drug-likeness (QED) is 0.335. The summed E-state index contributed by atoms with van der Waals surface area (Å²) in [5.74, 6) is 0. The minimum absolute atomic E-state index is 0.153. The van der Waals surface area contributed by atoms with Gasteiger partial charge in [0, 0.05) is 32.3 Å². The number of rotatable bonds is 2. The SMILES string of the molecule is CC(C)(C)OC(=O)N1CCN(C2=CC=C([N+](=O)[O-])C(=N)/C2=N\O)CC1. The molecule has 0 aromatic heterocycles. The molecule has 1 amide bonds. The van der Waals surface area contributed by atoms with Gasteiger partial charge in [-0.15, -0.1) is 0 Å². The molecule has 2 aliphatic rings. The first-order chi connectivity index (χ1) is 11.6. The van der Waals surface area contributed by atoms with E-state index in [1.165, 1.54) is 12.2 Å². The number of carbonyl (C=O) groups is 1. The molecule has 10 nitrogen and oxygen atoms in total. The fourth-order valence-corrected chi connectivity index (χ4v) is 2.53. The van der Waals surface area contributed by atoms with Gasteiger partial charge >= 0.3 is 6.09 Å². The highest BCUT2D eigenvalue weighted by molar-refractivity contribution is 6.52. The Morgan fingerprint density at radius 2 is 1.92 bits per heavy atom. The zero-order valence-corrected chi connectivity index (χ0v) is 14.4. The van der Waals surface area contributed by atoms with Crippen molar-refractivity contribution in [2.24, 2.45) is 5.16 Å². The second kappa shape index (κ2) is 6.91. The molecule has 0 unspecified atom stereocenters. The maximum absolute atomic E-state index is 12.1. The predicted octanol–water partition coefficient (Wildman–Crippen LogP) is 1.45. The highest BCUT2D eigenvalue weighted by atomic mass is 16.6. The van der Waals surface area contributed by atoms with E-state index in [0.717, 1.165) is 0 Å². The number of ether oxygens (including phenoxy) is 1. The van der Waals surface area contributed by atoms with E-state index in [-0.39, 0.29) is 5.71 Å². The lowest BCUT2D eigenvalue weighted by Gasteiger charge is -2.38. The van der Waals surface area contributed by atoms with Crippen molar-refractivity contribution in [2.45, 2.75) is 26.4 Å². The van der Waals surface area contributed by atoms with Gasteiger partial charge in [-0.25, -0.2) is 4.79 Å². The summed E-state index contributed by atoms with van der Waals surface area (Å²) < 4.78 is 5.33. The molecule has 0 spiro atoms. The maximum Gasteiger partial charge on any atom is 0.410 e. The van der Waals surface area contributed by atoms with E-state index >= 15 is 0 Å². The highest BCUT2D eigenvalue weighted by Crippen LogP contribution is 2.20. The third kappa shape index (κ3) is 4.14. The largest absolute Gasteiger partial charge is 0.444 e. The number of carbonyl (C=O) groups excluding carboxylic acids is 1. The van der Waals surface area contributed by atoms with Crippen molar-refractivity contribution >= 4 is 17.5 Å². The normalized spacial score (nSPS) is 20.3. The zero-order chi connectivity index (χ0) is 18.8. The summed E-state index contributed by atoms with van der Waals surface area (Å²) in [4.78, 5) is 25.7. The first kappa shape index (κ1) is 18.4. The van der Waals surface area contributed by atoms with Crippen molar-refractivity contribution in [1.29, 1.82) is 5.41 Å². The van der Waals surface area contributed by atoms with Crippen LogP contribution in [0.1, 0.15) is 20.8 Å². The summed E-state index contributed by atoms with van der Waals surface area (Å²) in [6, 6.07) is 0. The Bertz CT molecular complexity index is 681. The molecule has 1 saturated heterocycles. The van der Waals surface area contributed by atoms with Crippen LogP contribution in [0.5, 0.6) is 0 Å². The summed E-state index contributed by atoms with van der Waals surface area (Å²) >= 11 is 0. The molecule has 2 rings (SSSR count). The molecule has 0 atom stereocenters. The van der Waals surface area contributed by atoms with Gasteiger partial charge in [0.15, 0.2) is 11.4 Å². The maximum atomic E-state index is 12.1. The van der Waals surface area contributed by atoms with Crippen LogP contribution in [0.4, 0.5) is 4.79 Å². The Kier molecular flexibility index (Phi) is 5.10. The topological polar surface area (TPSA) is 132 Å². The Hall–Kier alpha value is -2.91. The summed E-state index contributed by atoms with van der Waals surface area (Å²) in [5, 5.41) is 31.0. The lowest BCUT2D eigenvalue weighted by atomic mass is 10.0. The Morgan fingerprint density at radius 1 is 1.32 bits per heavy atom. The van der Waals surface area contributed by atoms with E-state index < -0.39 is 28.0 Å². The highest BCUT2D eigenvalue weighted by Gasteiger charge is 2.34. The molecule has 0 saturated carbocycles. The van der Waals surface area contributed by atoms with Crippen LogP contribution in [0.3, 0.4) is 0 Å². The molecule has 0 aromatic rings. The van der Waals surface area contributed by atoms with Gasteiger partial charge in [-0.1, -0.05) is 5.16 Å². The number of nitrogens with one attached hydrogen (secondary N) is 1. The number of allylic oxidation sites excluding steroid dienone is 4. The van der Waals surface area contributed by atoms with Gasteiger partial charge in [-0.05, 0) is 26.8 Å². The van der Waals surface area contributed by atoms with Gasteiger partial charge in [0.05, 0.1) is 10.6 Å².